The maximum atomic E-state index is 13.3. The number of hydrogen-bond donors (Lipinski definition) is 3. The average molecular weight is 699 g/mol. The summed E-state index contributed by atoms with van der Waals surface area (Å²) in [7, 11) is 1.42. The first-order valence-electron chi connectivity index (χ1n) is 11.8. The number of nitrogens with zero attached hydrogens (tertiary/aromatic N) is 3. The van der Waals surface area contributed by atoms with Crippen molar-refractivity contribution in [3.63, 3.8) is 0 Å². The molecule has 0 aliphatic carbocycles. The van der Waals surface area contributed by atoms with Gasteiger partial charge >= 0.3 is 12.1 Å². The van der Waals surface area contributed by atoms with Crippen LogP contribution in [0.2, 0.25) is 15.1 Å². The SMILES string of the molecule is COc1cc(Cl)cc(C(=O)Nc2ccc(Cl)cn2)c1NC(=O)c1scc(CN2CCN=C2SC)c1Cl.O=C(O)C(F)(F)F. The highest BCUT2D eigenvalue weighted by molar-refractivity contribution is 8.13. The normalized spacial score (nSPS) is 12.7. The number of rotatable bonds is 7. The molecule has 3 aromatic rings. The number of methoxy groups -OCH3 is 1. The molecule has 1 aromatic carbocycles. The zero-order valence-corrected chi connectivity index (χ0v) is 26.0. The Morgan fingerprint density at radius 2 is 1.84 bits per heavy atom. The van der Waals surface area contributed by atoms with E-state index in [1.54, 1.807) is 23.9 Å². The number of carbonyl (C=O) groups is 3. The molecule has 0 saturated heterocycles. The summed E-state index contributed by atoms with van der Waals surface area (Å²) in [4.78, 5) is 46.2. The quantitative estimate of drug-likeness (QED) is 0.246. The second kappa shape index (κ2) is 15.0. The number of anilines is 2. The number of amides is 2. The number of alkyl halides is 3. The lowest BCUT2D eigenvalue weighted by Crippen LogP contribution is -2.24. The molecule has 1 aliphatic rings. The number of carbonyl (C=O) groups excluding carboxylic acids is 2. The fraction of sp³-hybridized carbons (Fsp3) is 0.240. The number of carboxylic acids is 1. The van der Waals surface area contributed by atoms with Crippen LogP contribution in [-0.4, -0.2) is 70.6 Å². The number of aliphatic carboxylic acids is 1. The highest BCUT2D eigenvalue weighted by Crippen LogP contribution is 2.36. The molecule has 4 rings (SSSR count). The van der Waals surface area contributed by atoms with Crippen LogP contribution in [-0.2, 0) is 11.3 Å². The van der Waals surface area contributed by atoms with Gasteiger partial charge in [0.15, 0.2) is 5.17 Å². The van der Waals surface area contributed by atoms with Gasteiger partial charge < -0.3 is 25.4 Å². The van der Waals surface area contributed by atoms with Crippen LogP contribution < -0.4 is 15.4 Å². The zero-order valence-electron chi connectivity index (χ0n) is 22.1. The first kappa shape index (κ1) is 34.3. The number of hydrogen-bond acceptors (Lipinski definition) is 9. The maximum absolute atomic E-state index is 13.3. The second-order valence-electron chi connectivity index (χ2n) is 8.30. The largest absolute Gasteiger partial charge is 0.494 e. The molecule has 0 unspecified atom stereocenters. The highest BCUT2D eigenvalue weighted by Gasteiger charge is 2.38. The fourth-order valence-electron chi connectivity index (χ4n) is 3.50. The molecule has 3 heterocycles. The lowest BCUT2D eigenvalue weighted by molar-refractivity contribution is -0.192. The van der Waals surface area contributed by atoms with E-state index >= 15 is 0 Å². The van der Waals surface area contributed by atoms with Gasteiger partial charge in [0.2, 0.25) is 0 Å². The molecule has 2 amide bonds. The third-order valence-electron chi connectivity index (χ3n) is 5.42. The van der Waals surface area contributed by atoms with Crippen molar-refractivity contribution in [3.8, 4) is 5.75 Å². The van der Waals surface area contributed by atoms with Crippen molar-refractivity contribution in [1.29, 1.82) is 0 Å². The van der Waals surface area contributed by atoms with Crippen LogP contribution in [0.4, 0.5) is 24.7 Å². The number of halogens is 6. The van der Waals surface area contributed by atoms with Crippen molar-refractivity contribution in [2.24, 2.45) is 4.99 Å². The molecule has 230 valence electrons. The Balaban J connectivity index is 0.000000646. The maximum Gasteiger partial charge on any atom is 0.490 e. The lowest BCUT2D eigenvalue weighted by atomic mass is 10.1. The molecular formula is C25H21Cl3F3N5O5S2. The Bertz CT molecular complexity index is 1540. The van der Waals surface area contributed by atoms with Gasteiger partial charge in [-0.15, -0.1) is 11.3 Å². The summed E-state index contributed by atoms with van der Waals surface area (Å²) in [5, 5.41) is 16.4. The smallest absolute Gasteiger partial charge is 0.490 e. The van der Waals surface area contributed by atoms with Crippen LogP contribution in [0.15, 0.2) is 40.8 Å². The van der Waals surface area contributed by atoms with E-state index in [2.05, 4.69) is 25.5 Å². The number of nitrogens with one attached hydrogen (secondary N) is 2. The Morgan fingerprint density at radius 3 is 2.42 bits per heavy atom. The van der Waals surface area contributed by atoms with Gasteiger partial charge in [0.25, 0.3) is 11.8 Å². The number of amidine groups is 1. The topological polar surface area (TPSA) is 133 Å². The molecule has 3 N–H and O–H groups in total. The standard InChI is InChI=1S/C23H20Cl3N5O3S2.C2HF3O2/c1-34-16-8-14(25)7-15(21(32)29-17-4-3-13(24)9-28-17)19(16)30-22(33)20-18(26)12(11-36-20)10-31-6-5-27-23(31)35-2;3-2(4,5)1(6)7/h3-4,7-9,11H,5-6,10H2,1-2H3,(H,30,33)(H,28,29,32);(H,6,7). The van der Waals surface area contributed by atoms with Gasteiger partial charge in [-0.05, 0) is 29.8 Å². The highest BCUT2D eigenvalue weighted by atomic mass is 35.5. The third kappa shape index (κ3) is 9.13. The predicted octanol–water partition coefficient (Wildman–Crippen LogP) is 6.78. The molecule has 18 heteroatoms. The molecule has 0 atom stereocenters. The van der Waals surface area contributed by atoms with Gasteiger partial charge in [-0.2, -0.15) is 13.2 Å². The number of aromatic nitrogens is 1. The van der Waals surface area contributed by atoms with Crippen LogP contribution in [0.5, 0.6) is 5.75 Å². The first-order chi connectivity index (χ1) is 20.2. The number of thioether (sulfide) groups is 1. The number of carboxylic acid groups (broad SMARTS) is 1. The van der Waals surface area contributed by atoms with E-state index in [9.17, 15) is 22.8 Å². The van der Waals surface area contributed by atoms with Gasteiger partial charge in [-0.1, -0.05) is 46.6 Å². The Hall–Kier alpha value is -3.24. The number of ether oxygens (including phenoxy) is 1. The summed E-state index contributed by atoms with van der Waals surface area (Å²) in [6.45, 7) is 2.08. The predicted molar refractivity (Wildman–Crippen MR) is 162 cm³/mol. The van der Waals surface area contributed by atoms with Crippen LogP contribution in [0.3, 0.4) is 0 Å². The summed E-state index contributed by atoms with van der Waals surface area (Å²) < 4.78 is 37.1. The van der Waals surface area contributed by atoms with Crippen molar-refractivity contribution >= 4 is 92.4 Å². The van der Waals surface area contributed by atoms with E-state index in [1.165, 1.54) is 36.8 Å². The molecule has 10 nitrogen and oxygen atoms in total. The van der Waals surface area contributed by atoms with Crippen LogP contribution in [0.25, 0.3) is 0 Å². The van der Waals surface area contributed by atoms with Crippen molar-refractivity contribution < 1.29 is 37.4 Å². The minimum absolute atomic E-state index is 0.0928. The summed E-state index contributed by atoms with van der Waals surface area (Å²) >= 11 is 21.5. The Kier molecular flexibility index (Phi) is 11.9. The van der Waals surface area contributed by atoms with E-state index < -0.39 is 24.0 Å². The van der Waals surface area contributed by atoms with E-state index in [0.29, 0.717) is 21.5 Å². The molecule has 0 saturated carbocycles. The average Bonchev–Trinajstić information content (AvgIpc) is 3.56. The Morgan fingerprint density at radius 1 is 1.14 bits per heavy atom. The van der Waals surface area contributed by atoms with Crippen molar-refractivity contribution in [2.45, 2.75) is 12.7 Å². The van der Waals surface area contributed by atoms with E-state index in [4.69, 9.17) is 49.4 Å². The number of benzene rings is 1. The minimum atomic E-state index is -5.08. The molecule has 0 radical (unpaired) electrons. The molecule has 0 fully saturated rings. The van der Waals surface area contributed by atoms with E-state index in [-0.39, 0.29) is 27.8 Å². The van der Waals surface area contributed by atoms with Gasteiger partial charge in [0.1, 0.15) is 16.4 Å². The molecule has 1 aliphatic heterocycles. The number of pyridine rings is 1. The van der Waals surface area contributed by atoms with Crippen molar-refractivity contribution in [3.05, 3.63) is 66.9 Å². The van der Waals surface area contributed by atoms with Gasteiger partial charge in [0.05, 0.1) is 35.0 Å². The summed E-state index contributed by atoms with van der Waals surface area (Å²) in [6, 6.07) is 6.09. The van der Waals surface area contributed by atoms with E-state index in [0.717, 1.165) is 23.8 Å². The van der Waals surface area contributed by atoms with Crippen LogP contribution in [0, 0.1) is 0 Å². The molecule has 2 aromatic heterocycles. The van der Waals surface area contributed by atoms with Crippen molar-refractivity contribution in [1.82, 2.24) is 9.88 Å². The van der Waals surface area contributed by atoms with E-state index in [1.807, 2.05) is 11.6 Å². The van der Waals surface area contributed by atoms with Crippen LogP contribution >= 0.6 is 57.9 Å². The molecule has 43 heavy (non-hydrogen) atoms. The zero-order chi connectivity index (χ0) is 31.9. The Labute approximate surface area is 266 Å². The molecular weight excluding hydrogens is 678 g/mol. The number of thiophene rings is 1. The summed E-state index contributed by atoms with van der Waals surface area (Å²) in [6.07, 6.45) is -1.70. The van der Waals surface area contributed by atoms with Gasteiger partial charge in [-0.3, -0.25) is 14.6 Å². The minimum Gasteiger partial charge on any atom is -0.494 e. The monoisotopic (exact) mass is 697 g/mol. The molecule has 0 spiro atoms. The van der Waals surface area contributed by atoms with Gasteiger partial charge in [0, 0.05) is 35.9 Å². The number of aliphatic imine (C=N–C) groups is 1. The van der Waals surface area contributed by atoms with Crippen molar-refractivity contribution in [2.75, 3.05) is 37.1 Å². The summed E-state index contributed by atoms with van der Waals surface area (Å²) in [5.41, 5.74) is 1.07. The first-order valence-corrected chi connectivity index (χ1v) is 15.0. The summed E-state index contributed by atoms with van der Waals surface area (Å²) in [5.74, 6) is -3.28. The lowest BCUT2D eigenvalue weighted by Gasteiger charge is -2.18. The third-order valence-corrected chi connectivity index (χ3v) is 8.18. The van der Waals surface area contributed by atoms with Gasteiger partial charge in [-0.25, -0.2) is 9.78 Å². The van der Waals surface area contributed by atoms with Crippen LogP contribution in [0.1, 0.15) is 25.6 Å². The second-order valence-corrected chi connectivity index (χ2v) is 11.2. The molecule has 0 bridgehead atoms. The fourth-order valence-corrected chi connectivity index (χ4v) is 5.70.